The maximum Gasteiger partial charge on any atom is 0.387 e. The normalized spacial score (nSPS) is 22.4. The second-order valence-corrected chi connectivity index (χ2v) is 4.70. The van der Waals surface area contributed by atoms with Crippen molar-refractivity contribution < 1.29 is 23.1 Å². The molecule has 1 heterocycles. The number of alkyl halides is 2. The van der Waals surface area contributed by atoms with Crippen molar-refractivity contribution in [3.05, 3.63) is 24.3 Å². The number of hydrogen-bond acceptors (Lipinski definition) is 3. The number of anilines is 1. The van der Waals surface area contributed by atoms with Gasteiger partial charge in [-0.3, -0.25) is 14.5 Å². The molecule has 2 atom stereocenters. The van der Waals surface area contributed by atoms with Gasteiger partial charge >= 0.3 is 6.61 Å². The van der Waals surface area contributed by atoms with Gasteiger partial charge in [0, 0.05) is 0 Å². The van der Waals surface area contributed by atoms with Crippen LogP contribution in [0.15, 0.2) is 24.3 Å². The second-order valence-electron chi connectivity index (χ2n) is 4.70. The van der Waals surface area contributed by atoms with Crippen LogP contribution in [0.1, 0.15) is 20.3 Å². The molecule has 0 aromatic heterocycles. The van der Waals surface area contributed by atoms with E-state index in [4.69, 9.17) is 0 Å². The first-order chi connectivity index (χ1) is 9.95. The van der Waals surface area contributed by atoms with Gasteiger partial charge in [-0.05, 0) is 25.5 Å². The van der Waals surface area contributed by atoms with E-state index >= 15 is 0 Å². The molecule has 1 aromatic rings. The average Bonchev–Trinajstić information content (AvgIpc) is 2.44. The van der Waals surface area contributed by atoms with Gasteiger partial charge < -0.3 is 10.1 Å². The number of nitrogens with zero attached hydrogens (tertiary/aromatic N) is 1. The fourth-order valence-electron chi connectivity index (χ4n) is 2.29. The van der Waals surface area contributed by atoms with Gasteiger partial charge in [-0.25, -0.2) is 0 Å². The summed E-state index contributed by atoms with van der Waals surface area (Å²) in [5.41, 5.74) is 0.170. The number of ether oxygens (including phenoxy) is 1. The number of carbonyl (C=O) groups excluding carboxylic acids is 2. The Morgan fingerprint density at radius 3 is 2.62 bits per heavy atom. The predicted molar refractivity (Wildman–Crippen MR) is 72.2 cm³/mol. The minimum absolute atomic E-state index is 0.128. The molecule has 0 saturated carbocycles. The molecule has 0 aliphatic carbocycles. The molecule has 5 nitrogen and oxygen atoms in total. The minimum Gasteiger partial charge on any atom is -0.433 e. The fraction of sp³-hybridized carbons (Fsp3) is 0.429. The maximum absolute atomic E-state index is 12.5. The van der Waals surface area contributed by atoms with Gasteiger partial charge in [-0.2, -0.15) is 8.78 Å². The Kier molecular flexibility index (Phi) is 4.40. The third kappa shape index (κ3) is 2.96. The highest BCUT2D eigenvalue weighted by Crippen LogP contribution is 2.32. The SMILES string of the molecule is CCC1NC(=O)C(C)N(c2ccccc2OC(F)F)C1=O. The highest BCUT2D eigenvalue weighted by Gasteiger charge is 2.39. The van der Waals surface area contributed by atoms with E-state index in [9.17, 15) is 18.4 Å². The number of nitrogens with one attached hydrogen (secondary N) is 1. The Balaban J connectivity index is 2.42. The Labute approximate surface area is 120 Å². The zero-order valence-electron chi connectivity index (χ0n) is 11.7. The lowest BCUT2D eigenvalue weighted by Gasteiger charge is -2.37. The molecule has 0 radical (unpaired) electrons. The third-order valence-corrected chi connectivity index (χ3v) is 3.37. The summed E-state index contributed by atoms with van der Waals surface area (Å²) in [6.07, 6.45) is 0.422. The van der Waals surface area contributed by atoms with E-state index < -0.39 is 18.7 Å². The summed E-state index contributed by atoms with van der Waals surface area (Å²) in [5.74, 6) is -0.791. The van der Waals surface area contributed by atoms with Crippen LogP contribution in [-0.2, 0) is 9.59 Å². The van der Waals surface area contributed by atoms with E-state index in [-0.39, 0.29) is 23.3 Å². The summed E-state index contributed by atoms with van der Waals surface area (Å²) >= 11 is 0. The van der Waals surface area contributed by atoms with Crippen molar-refractivity contribution >= 4 is 17.5 Å². The molecule has 21 heavy (non-hydrogen) atoms. The Morgan fingerprint density at radius 1 is 1.33 bits per heavy atom. The van der Waals surface area contributed by atoms with Crippen LogP contribution in [0.2, 0.25) is 0 Å². The van der Waals surface area contributed by atoms with Crippen molar-refractivity contribution in [2.45, 2.75) is 39.0 Å². The summed E-state index contributed by atoms with van der Waals surface area (Å²) in [6, 6.07) is 4.50. The molecule has 1 N–H and O–H groups in total. The first-order valence-electron chi connectivity index (χ1n) is 6.63. The Hall–Kier alpha value is -2.18. The van der Waals surface area contributed by atoms with Crippen LogP contribution in [-0.4, -0.2) is 30.5 Å². The molecule has 1 aliphatic heterocycles. The van der Waals surface area contributed by atoms with Crippen LogP contribution >= 0.6 is 0 Å². The third-order valence-electron chi connectivity index (χ3n) is 3.37. The molecular formula is C14H16F2N2O3. The van der Waals surface area contributed by atoms with E-state index in [0.717, 1.165) is 0 Å². The van der Waals surface area contributed by atoms with Gasteiger partial charge in [0.05, 0.1) is 5.69 Å². The molecule has 2 rings (SSSR count). The van der Waals surface area contributed by atoms with Crippen LogP contribution in [0, 0.1) is 0 Å². The monoisotopic (exact) mass is 298 g/mol. The van der Waals surface area contributed by atoms with Gasteiger partial charge in [0.1, 0.15) is 17.8 Å². The molecule has 0 spiro atoms. The van der Waals surface area contributed by atoms with E-state index in [0.29, 0.717) is 6.42 Å². The van der Waals surface area contributed by atoms with Gasteiger partial charge in [0.2, 0.25) is 11.8 Å². The van der Waals surface area contributed by atoms with E-state index in [1.807, 2.05) is 0 Å². The highest BCUT2D eigenvalue weighted by atomic mass is 19.3. The van der Waals surface area contributed by atoms with Crippen molar-refractivity contribution in [3.63, 3.8) is 0 Å². The number of rotatable bonds is 4. The van der Waals surface area contributed by atoms with E-state index in [2.05, 4.69) is 10.1 Å². The van der Waals surface area contributed by atoms with Crippen molar-refractivity contribution in [2.24, 2.45) is 0 Å². The van der Waals surface area contributed by atoms with Crippen molar-refractivity contribution in [1.29, 1.82) is 0 Å². The number of benzene rings is 1. The molecule has 1 aliphatic rings. The molecule has 1 fully saturated rings. The number of halogens is 2. The second kappa shape index (κ2) is 6.07. The van der Waals surface area contributed by atoms with Gasteiger partial charge in [0.25, 0.3) is 0 Å². The quantitative estimate of drug-likeness (QED) is 0.924. The van der Waals surface area contributed by atoms with Gasteiger partial charge in [-0.1, -0.05) is 19.1 Å². The lowest BCUT2D eigenvalue weighted by molar-refractivity contribution is -0.133. The largest absolute Gasteiger partial charge is 0.433 e. The smallest absolute Gasteiger partial charge is 0.387 e. The molecule has 1 saturated heterocycles. The summed E-state index contributed by atoms with van der Waals surface area (Å²) < 4.78 is 29.4. The zero-order valence-corrected chi connectivity index (χ0v) is 11.7. The van der Waals surface area contributed by atoms with E-state index in [1.165, 1.54) is 30.0 Å². The fourth-order valence-corrected chi connectivity index (χ4v) is 2.29. The molecule has 2 amide bonds. The van der Waals surface area contributed by atoms with Crippen LogP contribution in [0.25, 0.3) is 0 Å². The summed E-state index contributed by atoms with van der Waals surface area (Å²) in [4.78, 5) is 25.6. The van der Waals surface area contributed by atoms with Crippen molar-refractivity contribution in [3.8, 4) is 5.75 Å². The minimum atomic E-state index is -3.00. The Bertz CT molecular complexity index is 551. The molecule has 7 heteroatoms. The Morgan fingerprint density at radius 2 is 2.00 bits per heavy atom. The topological polar surface area (TPSA) is 58.6 Å². The lowest BCUT2D eigenvalue weighted by atomic mass is 10.0. The summed E-state index contributed by atoms with van der Waals surface area (Å²) in [5, 5.41) is 2.61. The number of piperazine rings is 1. The van der Waals surface area contributed by atoms with Crippen molar-refractivity contribution in [1.82, 2.24) is 5.32 Å². The standard InChI is InChI=1S/C14H16F2N2O3/c1-3-9-13(20)18(8(2)12(19)17-9)10-6-4-5-7-11(10)21-14(15)16/h4-9,14H,3H2,1-2H3,(H,17,19). The van der Waals surface area contributed by atoms with Crippen LogP contribution < -0.4 is 15.0 Å². The lowest BCUT2D eigenvalue weighted by Crippen LogP contribution is -2.62. The number of carbonyl (C=O) groups is 2. The maximum atomic E-state index is 12.5. The first-order valence-corrected chi connectivity index (χ1v) is 6.63. The summed E-state index contributed by atoms with van der Waals surface area (Å²) in [7, 11) is 0. The molecule has 114 valence electrons. The highest BCUT2D eigenvalue weighted by molar-refractivity contribution is 6.08. The van der Waals surface area contributed by atoms with Crippen LogP contribution in [0.4, 0.5) is 14.5 Å². The van der Waals surface area contributed by atoms with Gasteiger partial charge in [-0.15, -0.1) is 0 Å². The van der Waals surface area contributed by atoms with Gasteiger partial charge in [0.15, 0.2) is 0 Å². The number of hydrogen-bond donors (Lipinski definition) is 1. The molecule has 1 aromatic carbocycles. The molecule has 0 bridgehead atoms. The van der Waals surface area contributed by atoms with Crippen molar-refractivity contribution in [2.75, 3.05) is 4.90 Å². The van der Waals surface area contributed by atoms with Crippen LogP contribution in [0.5, 0.6) is 5.75 Å². The molecule has 2 unspecified atom stereocenters. The number of para-hydroxylation sites is 2. The predicted octanol–water partition coefficient (Wildman–Crippen LogP) is 1.92. The average molecular weight is 298 g/mol. The van der Waals surface area contributed by atoms with E-state index in [1.54, 1.807) is 13.0 Å². The zero-order chi connectivity index (χ0) is 15.6. The first kappa shape index (κ1) is 15.2. The molecular weight excluding hydrogens is 282 g/mol. The van der Waals surface area contributed by atoms with Crippen LogP contribution in [0.3, 0.4) is 0 Å². The summed E-state index contributed by atoms with van der Waals surface area (Å²) in [6.45, 7) is 0.300. The number of amides is 2.